The topological polar surface area (TPSA) is 85.4 Å². The number of hydrogen-bond donors (Lipinski definition) is 1. The molecule has 2 rings (SSSR count). The van der Waals surface area contributed by atoms with Crippen LogP contribution in [0.5, 0.6) is 0 Å². The second-order valence-electron chi connectivity index (χ2n) is 5.00. The number of furan rings is 1. The summed E-state index contributed by atoms with van der Waals surface area (Å²) in [4.78, 5) is 21.8. The Labute approximate surface area is 128 Å². The van der Waals surface area contributed by atoms with Crippen molar-refractivity contribution in [3.63, 3.8) is 0 Å². The number of aryl methyl sites for hydroxylation is 1. The Kier molecular flexibility index (Phi) is 5.30. The number of carbonyl (C=O) groups excluding carboxylic acids is 1. The largest absolute Gasteiger partial charge is 0.433 e. The molecule has 0 aliphatic heterocycles. The van der Waals surface area contributed by atoms with Gasteiger partial charge in [-0.05, 0) is 36.6 Å². The molecular formula is C16H18N2O4. The van der Waals surface area contributed by atoms with E-state index in [4.69, 9.17) is 4.42 Å². The van der Waals surface area contributed by atoms with E-state index < -0.39 is 16.7 Å². The monoisotopic (exact) mass is 302 g/mol. The molecule has 0 fully saturated rings. The maximum Gasteiger partial charge on any atom is 0.433 e. The van der Waals surface area contributed by atoms with E-state index in [0.29, 0.717) is 5.69 Å². The van der Waals surface area contributed by atoms with Crippen LogP contribution in [0.4, 0.5) is 11.6 Å². The summed E-state index contributed by atoms with van der Waals surface area (Å²) in [6.07, 6.45) is 4.56. The molecule has 116 valence electrons. The average molecular weight is 302 g/mol. The minimum Gasteiger partial charge on any atom is -0.395 e. The highest BCUT2D eigenvalue weighted by Crippen LogP contribution is 2.18. The number of rotatable bonds is 7. The molecule has 0 aliphatic carbocycles. The average Bonchev–Trinajstić information content (AvgIpc) is 2.99. The zero-order valence-corrected chi connectivity index (χ0v) is 12.4. The normalized spacial score (nSPS) is 10.4. The number of carbonyl (C=O) groups is 1. The van der Waals surface area contributed by atoms with Crippen molar-refractivity contribution in [3.05, 3.63) is 57.8 Å². The minimum atomic E-state index is -0.679. The summed E-state index contributed by atoms with van der Waals surface area (Å²) in [5, 5.41) is 13.2. The van der Waals surface area contributed by atoms with Crippen molar-refractivity contribution in [1.82, 2.24) is 0 Å². The van der Waals surface area contributed by atoms with Gasteiger partial charge >= 0.3 is 5.88 Å². The van der Waals surface area contributed by atoms with Gasteiger partial charge in [0.25, 0.3) is 5.91 Å². The predicted octanol–water partition coefficient (Wildman–Crippen LogP) is 4.17. The Morgan fingerprint density at radius 1 is 1.18 bits per heavy atom. The lowest BCUT2D eigenvalue weighted by molar-refractivity contribution is -0.402. The summed E-state index contributed by atoms with van der Waals surface area (Å²) in [5.41, 5.74) is 1.85. The molecule has 1 amide bonds. The molecule has 1 aromatic carbocycles. The summed E-state index contributed by atoms with van der Waals surface area (Å²) >= 11 is 0. The van der Waals surface area contributed by atoms with Crippen LogP contribution in [0.25, 0.3) is 0 Å². The summed E-state index contributed by atoms with van der Waals surface area (Å²) in [6.45, 7) is 2.16. The van der Waals surface area contributed by atoms with Crippen LogP contribution in [-0.2, 0) is 6.42 Å². The second kappa shape index (κ2) is 7.40. The van der Waals surface area contributed by atoms with Gasteiger partial charge in [0.1, 0.15) is 4.92 Å². The molecule has 1 heterocycles. The van der Waals surface area contributed by atoms with Gasteiger partial charge in [-0.15, -0.1) is 0 Å². The highest BCUT2D eigenvalue weighted by atomic mass is 16.6. The molecule has 22 heavy (non-hydrogen) atoms. The van der Waals surface area contributed by atoms with Crippen molar-refractivity contribution in [2.24, 2.45) is 0 Å². The van der Waals surface area contributed by atoms with Gasteiger partial charge in [0.15, 0.2) is 5.76 Å². The fourth-order valence-corrected chi connectivity index (χ4v) is 2.07. The van der Waals surface area contributed by atoms with Gasteiger partial charge < -0.3 is 9.73 Å². The molecule has 0 aliphatic rings. The first-order chi connectivity index (χ1) is 10.6. The number of hydrogen-bond acceptors (Lipinski definition) is 4. The van der Waals surface area contributed by atoms with Crippen molar-refractivity contribution in [2.75, 3.05) is 5.32 Å². The fourth-order valence-electron chi connectivity index (χ4n) is 2.07. The number of amides is 1. The molecule has 0 spiro atoms. The van der Waals surface area contributed by atoms with Gasteiger partial charge in [-0.2, -0.15) is 0 Å². The summed E-state index contributed by atoms with van der Waals surface area (Å²) in [5.74, 6) is -1.04. The molecule has 0 bridgehead atoms. The van der Waals surface area contributed by atoms with Gasteiger partial charge in [0.2, 0.25) is 0 Å². The van der Waals surface area contributed by atoms with Crippen LogP contribution in [0.15, 0.2) is 40.8 Å². The van der Waals surface area contributed by atoms with Crippen molar-refractivity contribution in [1.29, 1.82) is 0 Å². The lowest BCUT2D eigenvalue weighted by atomic mass is 10.1. The van der Waals surface area contributed by atoms with Gasteiger partial charge in [-0.25, -0.2) is 0 Å². The Morgan fingerprint density at radius 3 is 2.50 bits per heavy atom. The van der Waals surface area contributed by atoms with Gasteiger partial charge in [-0.3, -0.25) is 14.9 Å². The zero-order chi connectivity index (χ0) is 15.9. The number of anilines is 1. The molecule has 0 unspecified atom stereocenters. The molecule has 2 aromatic rings. The van der Waals surface area contributed by atoms with Crippen molar-refractivity contribution in [3.8, 4) is 0 Å². The molecule has 1 aromatic heterocycles. The number of nitrogens with one attached hydrogen (secondary N) is 1. The maximum absolute atomic E-state index is 11.9. The van der Waals surface area contributed by atoms with E-state index >= 15 is 0 Å². The van der Waals surface area contributed by atoms with E-state index in [1.54, 1.807) is 0 Å². The Hall–Kier alpha value is -2.63. The van der Waals surface area contributed by atoms with Gasteiger partial charge in [-0.1, -0.05) is 31.9 Å². The zero-order valence-electron chi connectivity index (χ0n) is 12.4. The Morgan fingerprint density at radius 2 is 1.91 bits per heavy atom. The van der Waals surface area contributed by atoms with Crippen molar-refractivity contribution in [2.45, 2.75) is 32.6 Å². The Balaban J connectivity index is 1.94. The van der Waals surface area contributed by atoms with Crippen molar-refractivity contribution >= 4 is 17.5 Å². The van der Waals surface area contributed by atoms with Crippen LogP contribution >= 0.6 is 0 Å². The Bertz CT molecular complexity index is 646. The molecule has 0 saturated carbocycles. The molecule has 0 atom stereocenters. The lowest BCUT2D eigenvalue weighted by Crippen LogP contribution is -2.10. The van der Waals surface area contributed by atoms with E-state index in [0.717, 1.165) is 18.9 Å². The molecule has 6 nitrogen and oxygen atoms in total. The van der Waals surface area contributed by atoms with E-state index in [2.05, 4.69) is 12.2 Å². The van der Waals surface area contributed by atoms with Crippen LogP contribution in [-0.4, -0.2) is 10.8 Å². The third-order valence-corrected chi connectivity index (χ3v) is 3.28. The molecule has 0 saturated heterocycles. The van der Waals surface area contributed by atoms with Gasteiger partial charge in [0.05, 0.1) is 6.07 Å². The highest BCUT2D eigenvalue weighted by molar-refractivity contribution is 6.02. The van der Waals surface area contributed by atoms with Crippen LogP contribution in [0.2, 0.25) is 0 Å². The summed E-state index contributed by atoms with van der Waals surface area (Å²) < 4.78 is 4.86. The number of unbranched alkanes of at least 4 members (excludes halogenated alkanes) is 2. The van der Waals surface area contributed by atoms with Crippen LogP contribution < -0.4 is 5.32 Å². The van der Waals surface area contributed by atoms with Gasteiger partial charge in [0, 0.05) is 5.69 Å². The van der Waals surface area contributed by atoms with E-state index in [1.165, 1.54) is 24.5 Å². The van der Waals surface area contributed by atoms with Crippen LogP contribution in [0.3, 0.4) is 0 Å². The fraction of sp³-hybridized carbons (Fsp3) is 0.312. The summed E-state index contributed by atoms with van der Waals surface area (Å²) in [7, 11) is 0. The van der Waals surface area contributed by atoms with E-state index in [1.807, 2.05) is 24.3 Å². The first-order valence-corrected chi connectivity index (χ1v) is 7.24. The molecular weight excluding hydrogens is 284 g/mol. The number of nitrogens with zero attached hydrogens (tertiary/aromatic N) is 1. The number of benzene rings is 1. The van der Waals surface area contributed by atoms with Crippen LogP contribution in [0.1, 0.15) is 42.3 Å². The quantitative estimate of drug-likeness (QED) is 0.472. The molecule has 1 N–H and O–H groups in total. The standard InChI is InChI=1S/C16H18N2O4/c1-2-3-4-5-12-6-8-13(9-7-12)17-16(19)14-10-11-15(22-14)18(20)21/h6-11H,2-5H2,1H3,(H,17,19). The smallest absolute Gasteiger partial charge is 0.395 e. The predicted molar refractivity (Wildman–Crippen MR) is 83.0 cm³/mol. The third-order valence-electron chi connectivity index (χ3n) is 3.28. The molecule has 0 radical (unpaired) electrons. The second-order valence-corrected chi connectivity index (χ2v) is 5.00. The van der Waals surface area contributed by atoms with E-state index in [9.17, 15) is 14.9 Å². The summed E-state index contributed by atoms with van der Waals surface area (Å²) in [6, 6.07) is 10.0. The third kappa shape index (κ3) is 4.18. The molecule has 6 heteroatoms. The van der Waals surface area contributed by atoms with Crippen molar-refractivity contribution < 1.29 is 14.1 Å². The first-order valence-electron chi connectivity index (χ1n) is 7.24. The van der Waals surface area contributed by atoms with E-state index in [-0.39, 0.29) is 5.76 Å². The minimum absolute atomic E-state index is 0.0845. The highest BCUT2D eigenvalue weighted by Gasteiger charge is 2.17. The lowest BCUT2D eigenvalue weighted by Gasteiger charge is -2.05. The number of nitro groups is 1. The first kappa shape index (κ1) is 15.8. The van der Waals surface area contributed by atoms with Crippen LogP contribution in [0, 0.1) is 10.1 Å². The maximum atomic E-state index is 11.9. The SMILES string of the molecule is CCCCCc1ccc(NC(=O)c2ccc([N+](=O)[O-])o2)cc1.